The minimum absolute atomic E-state index is 0. The Labute approximate surface area is 172 Å². The van der Waals surface area contributed by atoms with E-state index >= 15 is 0 Å². The summed E-state index contributed by atoms with van der Waals surface area (Å²) in [6.07, 6.45) is 6.15. The number of nitrogens with zero attached hydrogens (tertiary/aromatic N) is 2. The average Bonchev–Trinajstić information content (AvgIpc) is 3.05. The molecule has 1 aliphatic heterocycles. The first-order chi connectivity index (χ1) is 11.2. The maximum Gasteiger partial charge on any atom is 1.00 e. The number of fused-ring (bicyclic) bond motifs is 1. The molecular formula is C19H11Cl2N2Tl+. The van der Waals surface area contributed by atoms with E-state index < -0.39 is 0 Å². The molecule has 113 valence electrons. The standard InChI is InChI=1S/C19H11Cl2N2.Tl/c20-14-8-4-12(5-9-14)18-16-2-1-3-17(16)19(23-22-18)13-6-10-15(21)11-7-13;/h1-11H;/q;+1. The van der Waals surface area contributed by atoms with Crippen molar-refractivity contribution in [2.75, 3.05) is 0 Å². The van der Waals surface area contributed by atoms with Crippen LogP contribution in [0.2, 0.25) is 10.0 Å². The maximum atomic E-state index is 5.97. The number of benzene rings is 2. The molecule has 2 aromatic rings. The summed E-state index contributed by atoms with van der Waals surface area (Å²) in [7, 11) is 0. The van der Waals surface area contributed by atoms with Crippen LogP contribution in [-0.4, -0.2) is 38.7 Å². The molecule has 0 spiro atoms. The minimum Gasteiger partial charge on any atom is -0.154 e. The van der Waals surface area contributed by atoms with Crippen molar-refractivity contribution < 1.29 is 0 Å². The summed E-state index contributed by atoms with van der Waals surface area (Å²) >= 11 is 11.9. The van der Waals surface area contributed by atoms with Crippen molar-refractivity contribution in [3.8, 4) is 0 Å². The van der Waals surface area contributed by atoms with Crippen molar-refractivity contribution in [1.29, 1.82) is 0 Å². The van der Waals surface area contributed by atoms with Gasteiger partial charge in [-0.3, -0.25) is 0 Å². The van der Waals surface area contributed by atoms with Crippen LogP contribution in [0.5, 0.6) is 0 Å². The van der Waals surface area contributed by atoms with Crippen LogP contribution in [0.25, 0.3) is 0 Å². The zero-order chi connectivity index (χ0) is 15.8. The first-order valence-corrected chi connectivity index (χ1v) is 7.92. The van der Waals surface area contributed by atoms with E-state index in [1.165, 1.54) is 0 Å². The van der Waals surface area contributed by atoms with E-state index in [1.807, 2.05) is 55.0 Å². The van der Waals surface area contributed by atoms with Gasteiger partial charge in [-0.15, -0.1) is 0 Å². The molecule has 0 atom stereocenters. The fraction of sp³-hybridized carbons (Fsp3) is 0. The Morgan fingerprint density at radius 3 is 1.33 bits per heavy atom. The van der Waals surface area contributed by atoms with Crippen LogP contribution in [0, 0.1) is 31.1 Å². The Balaban J connectivity index is 0.00000169. The third-order valence-electron chi connectivity index (χ3n) is 3.81. The molecular weight excluding hydrogens is 532 g/mol. The van der Waals surface area contributed by atoms with Crippen LogP contribution >= 0.6 is 23.2 Å². The van der Waals surface area contributed by atoms with Gasteiger partial charge in [0.05, 0.1) is 11.4 Å². The van der Waals surface area contributed by atoms with Crippen molar-refractivity contribution >= 4 is 61.9 Å². The Hall–Kier alpha value is -0.718. The summed E-state index contributed by atoms with van der Waals surface area (Å²) in [4.78, 5) is 0. The predicted octanol–water partition coefficient (Wildman–Crippen LogP) is 4.60. The second-order valence-corrected chi connectivity index (χ2v) is 6.14. The molecule has 5 heteroatoms. The van der Waals surface area contributed by atoms with E-state index in [2.05, 4.69) is 23.0 Å². The van der Waals surface area contributed by atoms with Crippen LogP contribution in [0.3, 0.4) is 0 Å². The summed E-state index contributed by atoms with van der Waals surface area (Å²) in [6, 6.07) is 15.3. The molecule has 2 nitrogen and oxygen atoms in total. The molecule has 0 aromatic heterocycles. The molecule has 0 amide bonds. The van der Waals surface area contributed by atoms with Gasteiger partial charge in [-0.1, -0.05) is 47.5 Å². The first-order valence-electron chi connectivity index (χ1n) is 7.16. The van der Waals surface area contributed by atoms with Gasteiger partial charge in [-0.25, -0.2) is 0 Å². The van der Waals surface area contributed by atoms with Gasteiger partial charge in [0.1, 0.15) is 0 Å². The Morgan fingerprint density at radius 1 is 0.583 bits per heavy atom. The normalized spacial score (nSPS) is 17.8. The molecule has 2 aliphatic rings. The molecule has 1 aliphatic carbocycles. The Morgan fingerprint density at radius 2 is 0.958 bits per heavy atom. The van der Waals surface area contributed by atoms with Gasteiger partial charge >= 0.3 is 27.3 Å². The van der Waals surface area contributed by atoms with Crippen molar-refractivity contribution in [3.63, 3.8) is 0 Å². The summed E-state index contributed by atoms with van der Waals surface area (Å²) in [5.74, 6) is 2.15. The van der Waals surface area contributed by atoms with E-state index in [0.29, 0.717) is 10.0 Å². The molecule has 0 unspecified atom stereocenters. The number of halogens is 2. The van der Waals surface area contributed by atoms with Crippen molar-refractivity contribution in [3.05, 3.63) is 101 Å². The molecule has 0 bridgehead atoms. The average molecular weight is 543 g/mol. The van der Waals surface area contributed by atoms with Gasteiger partial charge in [-0.2, -0.15) is 10.2 Å². The SMILES string of the molecule is Clc1ccc(C2=NN=C(c3ccc(Cl)cc3)[C]3[CH][CH][CH][C]32)cc1.[Tl+]. The zero-order valence-electron chi connectivity index (χ0n) is 12.6. The number of hydrogen-bond donors (Lipinski definition) is 0. The van der Waals surface area contributed by atoms with Gasteiger partial charge in [0.25, 0.3) is 0 Å². The second-order valence-electron chi connectivity index (χ2n) is 5.26. The van der Waals surface area contributed by atoms with E-state index in [4.69, 9.17) is 23.2 Å². The van der Waals surface area contributed by atoms with E-state index in [1.54, 1.807) is 0 Å². The molecule has 1 heterocycles. The fourth-order valence-corrected chi connectivity index (χ4v) is 2.93. The third kappa shape index (κ3) is 3.46. The van der Waals surface area contributed by atoms with E-state index in [9.17, 15) is 0 Å². The van der Waals surface area contributed by atoms with Crippen LogP contribution in [0.4, 0.5) is 0 Å². The predicted molar refractivity (Wildman–Crippen MR) is 101 cm³/mol. The quantitative estimate of drug-likeness (QED) is 0.496. The summed E-state index contributed by atoms with van der Waals surface area (Å²) in [6.45, 7) is 0. The largest absolute Gasteiger partial charge is 1.00 e. The molecule has 24 heavy (non-hydrogen) atoms. The molecule has 4 rings (SSSR count). The molecule has 0 saturated heterocycles. The first kappa shape index (κ1) is 18.1. The summed E-state index contributed by atoms with van der Waals surface area (Å²) in [5, 5.41) is 10.3. The van der Waals surface area contributed by atoms with Gasteiger partial charge in [-0.05, 0) is 54.7 Å². The third-order valence-corrected chi connectivity index (χ3v) is 4.32. The van der Waals surface area contributed by atoms with E-state index in [0.717, 1.165) is 34.4 Å². The van der Waals surface area contributed by atoms with Crippen molar-refractivity contribution in [2.45, 2.75) is 0 Å². The van der Waals surface area contributed by atoms with Crippen LogP contribution in [0.15, 0.2) is 58.7 Å². The van der Waals surface area contributed by atoms with Crippen LogP contribution in [-0.2, 0) is 0 Å². The van der Waals surface area contributed by atoms with Crippen molar-refractivity contribution in [2.24, 2.45) is 10.2 Å². The van der Waals surface area contributed by atoms with Crippen molar-refractivity contribution in [1.82, 2.24) is 0 Å². The number of hydrogen-bond acceptors (Lipinski definition) is 2. The smallest absolute Gasteiger partial charge is 0.154 e. The molecule has 5 radical (unpaired) electrons. The van der Waals surface area contributed by atoms with Gasteiger partial charge in [0.2, 0.25) is 0 Å². The van der Waals surface area contributed by atoms with Gasteiger partial charge < -0.3 is 0 Å². The van der Waals surface area contributed by atoms with Crippen LogP contribution in [0.1, 0.15) is 11.1 Å². The molecule has 2 aromatic carbocycles. The van der Waals surface area contributed by atoms with E-state index in [-0.39, 0.29) is 27.3 Å². The second kappa shape index (κ2) is 7.67. The zero-order valence-corrected chi connectivity index (χ0v) is 18.6. The Bertz CT molecular complexity index is 715. The summed E-state index contributed by atoms with van der Waals surface area (Å²) < 4.78 is 0. The van der Waals surface area contributed by atoms with Gasteiger partial charge in [0, 0.05) is 21.9 Å². The molecule has 1 saturated carbocycles. The molecule has 1 fully saturated rings. The minimum atomic E-state index is 0. The molecule has 0 N–H and O–H groups in total. The number of rotatable bonds is 2. The van der Waals surface area contributed by atoms with Crippen LogP contribution < -0.4 is 0 Å². The maximum absolute atomic E-state index is 5.97. The Kier molecular flexibility index (Phi) is 5.78. The topological polar surface area (TPSA) is 24.7 Å². The van der Waals surface area contributed by atoms with Gasteiger partial charge in [0.15, 0.2) is 0 Å². The monoisotopic (exact) mass is 542 g/mol. The fourth-order valence-electron chi connectivity index (χ4n) is 2.68. The summed E-state index contributed by atoms with van der Waals surface area (Å²) in [5.41, 5.74) is 3.72.